The Balaban J connectivity index is 1.80. The van der Waals surface area contributed by atoms with Gasteiger partial charge in [0.1, 0.15) is 11.5 Å². The van der Waals surface area contributed by atoms with Crippen LogP contribution in [-0.4, -0.2) is 27.0 Å². The highest BCUT2D eigenvalue weighted by Crippen LogP contribution is 2.26. The molecule has 6 nitrogen and oxygen atoms in total. The number of rotatable bonds is 5. The van der Waals surface area contributed by atoms with Crippen LogP contribution in [0, 0.1) is 6.92 Å². The summed E-state index contributed by atoms with van der Waals surface area (Å²) >= 11 is 1.62. The lowest BCUT2D eigenvalue weighted by molar-refractivity contribution is 0.536. The number of nitrogens with one attached hydrogen (secondary N) is 1. The number of hydrogen-bond acceptors (Lipinski definition) is 6. The molecule has 0 bridgehead atoms. The van der Waals surface area contributed by atoms with Gasteiger partial charge in [-0.1, -0.05) is 11.3 Å². The highest BCUT2D eigenvalue weighted by Gasteiger charge is 2.13. The number of oxazole rings is 1. The number of nitrogens with zero attached hydrogens (tertiary/aromatic N) is 4. The Hall–Kier alpha value is -1.99. The Morgan fingerprint density at radius 2 is 2.35 bits per heavy atom. The minimum absolute atomic E-state index is 0.567. The van der Waals surface area contributed by atoms with Gasteiger partial charge in [0.15, 0.2) is 0 Å². The van der Waals surface area contributed by atoms with Crippen LogP contribution in [-0.2, 0) is 13.1 Å². The van der Waals surface area contributed by atoms with Gasteiger partial charge in [-0.05, 0) is 25.4 Å². The average molecular weight is 289 g/mol. The minimum atomic E-state index is 0.567. The minimum Gasteiger partial charge on any atom is -0.440 e. The van der Waals surface area contributed by atoms with Crippen LogP contribution in [0.2, 0.25) is 0 Å². The second kappa shape index (κ2) is 5.56. The number of aryl methyl sites for hydroxylation is 1. The lowest BCUT2D eigenvalue weighted by Gasteiger charge is -1.96. The van der Waals surface area contributed by atoms with Gasteiger partial charge in [0.2, 0.25) is 5.89 Å². The molecule has 3 rings (SSSR count). The van der Waals surface area contributed by atoms with Crippen molar-refractivity contribution in [2.45, 2.75) is 20.0 Å². The van der Waals surface area contributed by atoms with E-state index >= 15 is 0 Å². The van der Waals surface area contributed by atoms with E-state index in [1.165, 1.54) is 0 Å². The molecule has 104 valence electrons. The predicted octanol–water partition coefficient (Wildman–Crippen LogP) is 2.07. The van der Waals surface area contributed by atoms with Crippen LogP contribution in [0.3, 0.4) is 0 Å². The lowest BCUT2D eigenvalue weighted by Crippen LogP contribution is -2.05. The van der Waals surface area contributed by atoms with Crippen molar-refractivity contribution in [1.82, 2.24) is 25.3 Å². The van der Waals surface area contributed by atoms with Crippen LogP contribution in [0.15, 0.2) is 28.1 Å². The lowest BCUT2D eigenvalue weighted by atomic mass is 10.3. The van der Waals surface area contributed by atoms with Crippen molar-refractivity contribution in [2.24, 2.45) is 0 Å². The highest BCUT2D eigenvalue weighted by atomic mass is 32.1. The molecule has 3 aromatic heterocycles. The van der Waals surface area contributed by atoms with Gasteiger partial charge in [0, 0.05) is 6.54 Å². The molecule has 7 heteroatoms. The smallest absolute Gasteiger partial charge is 0.236 e. The first-order valence-corrected chi connectivity index (χ1v) is 7.18. The fourth-order valence-corrected chi connectivity index (χ4v) is 2.56. The van der Waals surface area contributed by atoms with E-state index in [9.17, 15) is 0 Å². The summed E-state index contributed by atoms with van der Waals surface area (Å²) in [6, 6.07) is 3.99. The normalized spacial score (nSPS) is 11.1. The van der Waals surface area contributed by atoms with E-state index in [2.05, 4.69) is 20.6 Å². The molecule has 0 spiro atoms. The molecule has 3 aromatic rings. The van der Waals surface area contributed by atoms with Crippen molar-refractivity contribution in [3.8, 4) is 10.8 Å². The van der Waals surface area contributed by atoms with E-state index in [4.69, 9.17) is 4.42 Å². The third-order valence-corrected chi connectivity index (χ3v) is 3.74. The second-order valence-corrected chi connectivity index (χ2v) is 5.38. The molecule has 0 saturated carbocycles. The monoisotopic (exact) mass is 289 g/mol. The van der Waals surface area contributed by atoms with E-state index in [0.29, 0.717) is 19.0 Å². The summed E-state index contributed by atoms with van der Waals surface area (Å²) in [5, 5.41) is 13.2. The molecule has 0 aliphatic rings. The van der Waals surface area contributed by atoms with Gasteiger partial charge in [0.25, 0.3) is 0 Å². The SMILES string of the molecule is CNCc1cn(Cc2nc(-c3cccs3)oc2C)nn1. The van der Waals surface area contributed by atoms with Crippen molar-refractivity contribution in [3.05, 3.63) is 40.9 Å². The van der Waals surface area contributed by atoms with Gasteiger partial charge < -0.3 is 9.73 Å². The Labute approximate surface area is 120 Å². The van der Waals surface area contributed by atoms with E-state index < -0.39 is 0 Å². The topological polar surface area (TPSA) is 68.8 Å². The second-order valence-electron chi connectivity index (χ2n) is 4.44. The Bertz CT molecular complexity index is 686. The van der Waals surface area contributed by atoms with Gasteiger partial charge in [-0.3, -0.25) is 0 Å². The van der Waals surface area contributed by atoms with Crippen molar-refractivity contribution in [3.63, 3.8) is 0 Å². The number of aromatic nitrogens is 4. The van der Waals surface area contributed by atoms with Crippen LogP contribution < -0.4 is 5.32 Å². The summed E-state index contributed by atoms with van der Waals surface area (Å²) in [6.07, 6.45) is 1.91. The van der Waals surface area contributed by atoms with E-state index in [1.54, 1.807) is 16.0 Å². The molecule has 0 aromatic carbocycles. The van der Waals surface area contributed by atoms with Gasteiger partial charge >= 0.3 is 0 Å². The molecule has 3 heterocycles. The highest BCUT2D eigenvalue weighted by molar-refractivity contribution is 7.13. The number of thiophene rings is 1. The van der Waals surface area contributed by atoms with Gasteiger partial charge in [-0.2, -0.15) is 0 Å². The first-order chi connectivity index (χ1) is 9.76. The summed E-state index contributed by atoms with van der Waals surface area (Å²) in [6.45, 7) is 3.19. The molecule has 0 aliphatic heterocycles. The van der Waals surface area contributed by atoms with Crippen molar-refractivity contribution in [2.75, 3.05) is 7.05 Å². The zero-order chi connectivity index (χ0) is 13.9. The number of hydrogen-bond donors (Lipinski definition) is 1. The van der Waals surface area contributed by atoms with Crippen LogP contribution in [0.1, 0.15) is 17.1 Å². The summed E-state index contributed by atoms with van der Waals surface area (Å²) in [7, 11) is 1.88. The standard InChI is InChI=1S/C13H15N5OS/c1-9-11(8-18-7-10(6-14-2)16-17-18)15-13(19-9)12-4-3-5-20-12/h3-5,7,14H,6,8H2,1-2H3. The first-order valence-electron chi connectivity index (χ1n) is 6.30. The summed E-state index contributed by atoms with van der Waals surface area (Å²) in [5.74, 6) is 1.49. The molecular formula is C13H15N5OS. The predicted molar refractivity (Wildman–Crippen MR) is 76.4 cm³/mol. The van der Waals surface area contributed by atoms with Gasteiger partial charge in [0.05, 0.1) is 23.3 Å². The molecule has 0 amide bonds. The Kier molecular flexibility index (Phi) is 3.62. The fourth-order valence-electron chi connectivity index (χ4n) is 1.91. The van der Waals surface area contributed by atoms with E-state index in [-0.39, 0.29) is 0 Å². The van der Waals surface area contributed by atoms with Crippen molar-refractivity contribution >= 4 is 11.3 Å². The first kappa shape index (κ1) is 13.0. The molecule has 0 unspecified atom stereocenters. The van der Waals surface area contributed by atoms with Gasteiger partial charge in [-0.25, -0.2) is 9.67 Å². The summed E-state index contributed by atoms with van der Waals surface area (Å²) in [5.41, 5.74) is 1.79. The Morgan fingerprint density at radius 3 is 3.10 bits per heavy atom. The van der Waals surface area contributed by atoms with Crippen LogP contribution in [0.25, 0.3) is 10.8 Å². The molecule has 1 N–H and O–H groups in total. The van der Waals surface area contributed by atoms with Crippen molar-refractivity contribution < 1.29 is 4.42 Å². The van der Waals surface area contributed by atoms with E-state index in [0.717, 1.165) is 22.0 Å². The molecule has 0 saturated heterocycles. The average Bonchev–Trinajstić information content (AvgIpc) is 3.13. The molecule has 0 aliphatic carbocycles. The van der Waals surface area contributed by atoms with Crippen LogP contribution in [0.4, 0.5) is 0 Å². The fraction of sp³-hybridized carbons (Fsp3) is 0.308. The Morgan fingerprint density at radius 1 is 1.45 bits per heavy atom. The quantitative estimate of drug-likeness (QED) is 0.778. The molecular weight excluding hydrogens is 274 g/mol. The maximum absolute atomic E-state index is 5.71. The molecule has 0 atom stereocenters. The van der Waals surface area contributed by atoms with E-state index in [1.807, 2.05) is 37.7 Å². The van der Waals surface area contributed by atoms with Crippen molar-refractivity contribution in [1.29, 1.82) is 0 Å². The molecule has 0 fully saturated rings. The zero-order valence-corrected chi connectivity index (χ0v) is 12.1. The van der Waals surface area contributed by atoms with Crippen LogP contribution >= 0.6 is 11.3 Å². The van der Waals surface area contributed by atoms with Crippen LogP contribution in [0.5, 0.6) is 0 Å². The van der Waals surface area contributed by atoms with Gasteiger partial charge in [-0.15, -0.1) is 16.4 Å². The largest absolute Gasteiger partial charge is 0.440 e. The zero-order valence-electron chi connectivity index (χ0n) is 11.3. The summed E-state index contributed by atoms with van der Waals surface area (Å²) < 4.78 is 7.48. The summed E-state index contributed by atoms with van der Waals surface area (Å²) in [4.78, 5) is 5.58. The maximum atomic E-state index is 5.71. The third-order valence-electron chi connectivity index (χ3n) is 2.88. The molecule has 0 radical (unpaired) electrons. The third kappa shape index (κ3) is 2.63. The maximum Gasteiger partial charge on any atom is 0.236 e. The molecule has 20 heavy (non-hydrogen) atoms.